The van der Waals surface area contributed by atoms with Gasteiger partial charge in [0.15, 0.2) is 0 Å². The van der Waals surface area contributed by atoms with Gasteiger partial charge in [-0.15, -0.1) is 0 Å². The van der Waals surface area contributed by atoms with Crippen LogP contribution < -0.4 is 0 Å². The largest absolute Gasteiger partial charge is 0.250 e. The van der Waals surface area contributed by atoms with Gasteiger partial charge >= 0.3 is 0 Å². The van der Waals surface area contributed by atoms with Crippen molar-refractivity contribution in [2.45, 2.75) is 19.9 Å². The molecule has 0 unspecified atom stereocenters. The van der Waals surface area contributed by atoms with E-state index in [4.69, 9.17) is 10.7 Å². The third-order valence-electron chi connectivity index (χ3n) is 1.56. The summed E-state index contributed by atoms with van der Waals surface area (Å²) in [5.41, 5.74) is 0. The Morgan fingerprint density at radius 3 is 2.85 bits per heavy atom. The summed E-state index contributed by atoms with van der Waals surface area (Å²) in [6, 6.07) is 0. The minimum Gasteiger partial charge on any atom is -0.250 e. The molecule has 1 aromatic heterocycles. The third-order valence-corrected chi connectivity index (χ3v) is 2.72. The van der Waals surface area contributed by atoms with E-state index >= 15 is 0 Å². The van der Waals surface area contributed by atoms with Gasteiger partial charge < -0.3 is 0 Å². The molecule has 0 spiro atoms. The van der Waals surface area contributed by atoms with Crippen LogP contribution in [0.3, 0.4) is 0 Å². The van der Waals surface area contributed by atoms with Crippen LogP contribution in [0.15, 0.2) is 6.33 Å². The van der Waals surface area contributed by atoms with Crippen LogP contribution in [0, 0.1) is 0 Å². The Labute approximate surface area is 81.2 Å². The highest BCUT2D eigenvalue weighted by molar-refractivity contribution is 8.13. The van der Waals surface area contributed by atoms with E-state index in [0.29, 0.717) is 18.8 Å². The van der Waals surface area contributed by atoms with Crippen molar-refractivity contribution in [1.29, 1.82) is 0 Å². The second-order valence-corrected chi connectivity index (χ2v) is 5.38. The second-order valence-electron chi connectivity index (χ2n) is 2.48. The lowest BCUT2D eigenvalue weighted by Crippen LogP contribution is -2.08. The van der Waals surface area contributed by atoms with E-state index in [1.54, 1.807) is 4.68 Å². The molecule has 0 saturated heterocycles. The number of rotatable bonds is 4. The van der Waals surface area contributed by atoms with Crippen LogP contribution >= 0.6 is 10.7 Å². The quantitative estimate of drug-likeness (QED) is 0.694. The van der Waals surface area contributed by atoms with Crippen LogP contribution in [-0.4, -0.2) is 28.9 Å². The molecule has 0 aliphatic rings. The fourth-order valence-electron chi connectivity index (χ4n) is 0.959. The first kappa shape index (κ1) is 10.5. The number of aromatic nitrogens is 3. The number of hydrogen-bond donors (Lipinski definition) is 0. The van der Waals surface area contributed by atoms with E-state index in [2.05, 4.69) is 10.1 Å². The maximum Gasteiger partial charge on any atom is 0.233 e. The topological polar surface area (TPSA) is 64.8 Å². The summed E-state index contributed by atoms with van der Waals surface area (Å²) >= 11 is 0. The molecule has 1 rings (SSSR count). The van der Waals surface area contributed by atoms with Gasteiger partial charge in [0.2, 0.25) is 9.05 Å². The van der Waals surface area contributed by atoms with Crippen LogP contribution in [0.5, 0.6) is 0 Å². The lowest BCUT2D eigenvalue weighted by Gasteiger charge is -2.00. The van der Waals surface area contributed by atoms with Gasteiger partial charge in [-0.3, -0.25) is 4.68 Å². The maximum absolute atomic E-state index is 10.6. The highest BCUT2D eigenvalue weighted by Crippen LogP contribution is 2.02. The summed E-state index contributed by atoms with van der Waals surface area (Å²) in [6.07, 6.45) is 1.71. The molecule has 7 heteroatoms. The molecule has 74 valence electrons. The Hall–Kier alpha value is -0.620. The molecular formula is C6H10ClN3O2S. The normalized spacial score (nSPS) is 11.8. The van der Waals surface area contributed by atoms with Crippen molar-refractivity contribution in [2.24, 2.45) is 0 Å². The highest BCUT2D eigenvalue weighted by atomic mass is 35.7. The first-order valence-electron chi connectivity index (χ1n) is 3.82. The van der Waals surface area contributed by atoms with Crippen molar-refractivity contribution in [3.05, 3.63) is 12.2 Å². The molecule has 1 aromatic rings. The second kappa shape index (κ2) is 4.06. The fraction of sp³-hybridized carbons (Fsp3) is 0.667. The minimum atomic E-state index is -3.43. The molecule has 0 aliphatic heterocycles. The van der Waals surface area contributed by atoms with E-state index < -0.39 is 9.05 Å². The average molecular weight is 224 g/mol. The van der Waals surface area contributed by atoms with E-state index in [1.807, 2.05) is 6.92 Å². The number of nitrogens with zero attached hydrogens (tertiary/aromatic N) is 3. The van der Waals surface area contributed by atoms with Crippen molar-refractivity contribution >= 4 is 19.7 Å². The van der Waals surface area contributed by atoms with Crippen LogP contribution in [-0.2, 0) is 22.0 Å². The Balaban J connectivity index is 2.64. The van der Waals surface area contributed by atoms with Crippen molar-refractivity contribution in [2.75, 3.05) is 5.75 Å². The molecule has 0 radical (unpaired) electrons. The van der Waals surface area contributed by atoms with Gasteiger partial charge in [-0.2, -0.15) is 5.10 Å². The lowest BCUT2D eigenvalue weighted by atomic mass is 10.4. The molecule has 5 nitrogen and oxygen atoms in total. The molecule has 0 aromatic carbocycles. The molecule has 1 heterocycles. The predicted molar refractivity (Wildman–Crippen MR) is 49.0 cm³/mol. The zero-order chi connectivity index (χ0) is 9.90. The molecule has 0 aliphatic carbocycles. The molecular weight excluding hydrogens is 214 g/mol. The van der Waals surface area contributed by atoms with Crippen molar-refractivity contribution in [3.63, 3.8) is 0 Å². The molecule has 0 bridgehead atoms. The molecule has 0 saturated carbocycles. The Bertz CT molecular complexity index is 373. The smallest absolute Gasteiger partial charge is 0.233 e. The van der Waals surface area contributed by atoms with Gasteiger partial charge in [0, 0.05) is 23.6 Å². The molecule has 0 atom stereocenters. The summed E-state index contributed by atoms with van der Waals surface area (Å²) in [5, 5.41) is 3.90. The number of hydrogen-bond acceptors (Lipinski definition) is 4. The standard InChI is InChI=1S/C6H10ClN3O2S/c1-2-10-6(8-5-9-10)3-4-13(7,11)12/h5H,2-4H2,1H3. The SMILES string of the molecule is CCn1ncnc1CCS(=O)(=O)Cl. The summed E-state index contributed by atoms with van der Waals surface area (Å²) in [5.74, 6) is 0.541. The van der Waals surface area contributed by atoms with Gasteiger partial charge in [0.25, 0.3) is 0 Å². The Kier molecular flexibility index (Phi) is 3.27. The van der Waals surface area contributed by atoms with Crippen molar-refractivity contribution in [1.82, 2.24) is 14.8 Å². The molecule has 13 heavy (non-hydrogen) atoms. The molecule has 0 amide bonds. The van der Waals surface area contributed by atoms with E-state index in [9.17, 15) is 8.42 Å². The molecule has 0 fully saturated rings. The summed E-state index contributed by atoms with van der Waals surface area (Å²) in [4.78, 5) is 3.92. The van der Waals surface area contributed by atoms with Crippen LogP contribution in [0.1, 0.15) is 12.7 Å². The summed E-state index contributed by atoms with van der Waals surface area (Å²) in [6.45, 7) is 2.59. The van der Waals surface area contributed by atoms with E-state index in [0.717, 1.165) is 0 Å². The zero-order valence-corrected chi connectivity index (χ0v) is 8.72. The predicted octanol–water partition coefficient (Wildman–Crippen LogP) is 0.409. The van der Waals surface area contributed by atoms with Gasteiger partial charge in [0.05, 0.1) is 5.75 Å². The van der Waals surface area contributed by atoms with Crippen molar-refractivity contribution in [3.8, 4) is 0 Å². The molecule has 0 N–H and O–H groups in total. The highest BCUT2D eigenvalue weighted by Gasteiger charge is 2.09. The van der Waals surface area contributed by atoms with Gasteiger partial charge in [0.1, 0.15) is 12.2 Å². The van der Waals surface area contributed by atoms with Crippen molar-refractivity contribution < 1.29 is 8.42 Å². The van der Waals surface area contributed by atoms with Gasteiger partial charge in [-0.25, -0.2) is 13.4 Å². The lowest BCUT2D eigenvalue weighted by molar-refractivity contribution is 0.599. The number of aryl methyl sites for hydroxylation is 2. The minimum absolute atomic E-state index is 0.104. The van der Waals surface area contributed by atoms with Crippen LogP contribution in [0.25, 0.3) is 0 Å². The first-order chi connectivity index (χ1) is 6.03. The summed E-state index contributed by atoms with van der Waals surface area (Å²) in [7, 11) is 1.63. The Morgan fingerprint density at radius 2 is 2.31 bits per heavy atom. The Morgan fingerprint density at radius 1 is 1.62 bits per heavy atom. The van der Waals surface area contributed by atoms with Crippen LogP contribution in [0.4, 0.5) is 0 Å². The van der Waals surface area contributed by atoms with E-state index in [-0.39, 0.29) is 5.75 Å². The van der Waals surface area contributed by atoms with Gasteiger partial charge in [-0.05, 0) is 6.92 Å². The first-order valence-corrected chi connectivity index (χ1v) is 6.30. The average Bonchev–Trinajstić information content (AvgIpc) is 2.46. The maximum atomic E-state index is 10.6. The van der Waals surface area contributed by atoms with E-state index in [1.165, 1.54) is 6.33 Å². The number of halogens is 1. The zero-order valence-electron chi connectivity index (χ0n) is 7.14. The van der Waals surface area contributed by atoms with Crippen LogP contribution in [0.2, 0.25) is 0 Å². The third kappa shape index (κ3) is 3.31. The summed E-state index contributed by atoms with van der Waals surface area (Å²) < 4.78 is 22.9. The van der Waals surface area contributed by atoms with Gasteiger partial charge in [-0.1, -0.05) is 0 Å². The fourth-order valence-corrected chi connectivity index (χ4v) is 1.62. The monoisotopic (exact) mass is 223 g/mol.